The zero-order chi connectivity index (χ0) is 12.5. The SMILES string of the molecule is Cc1nccn1Cc1cc(N)cc2c1OCOC2. The Morgan fingerprint density at radius 2 is 2.33 bits per heavy atom. The summed E-state index contributed by atoms with van der Waals surface area (Å²) in [5, 5.41) is 0. The molecule has 2 aromatic rings. The Hall–Kier alpha value is -2.01. The molecule has 0 amide bonds. The second-order valence-corrected chi connectivity index (χ2v) is 4.38. The number of aryl methyl sites for hydroxylation is 1. The maximum absolute atomic E-state index is 5.91. The smallest absolute Gasteiger partial charge is 0.189 e. The first-order chi connectivity index (χ1) is 8.74. The fourth-order valence-electron chi connectivity index (χ4n) is 2.20. The number of fused-ring (bicyclic) bond motifs is 1. The van der Waals surface area contributed by atoms with Crippen molar-refractivity contribution in [2.75, 3.05) is 12.5 Å². The standard InChI is InChI=1S/C13H15N3O2/c1-9-15-2-3-16(9)6-10-4-12(14)5-11-7-17-8-18-13(10)11/h2-5H,6-8,14H2,1H3. The molecule has 0 saturated heterocycles. The van der Waals surface area contributed by atoms with Gasteiger partial charge in [-0.15, -0.1) is 0 Å². The number of nitrogens with two attached hydrogens (primary N) is 1. The van der Waals surface area contributed by atoms with Crippen molar-refractivity contribution >= 4 is 5.69 Å². The molecule has 1 aromatic carbocycles. The van der Waals surface area contributed by atoms with Gasteiger partial charge in [0.1, 0.15) is 11.6 Å². The fourth-order valence-corrected chi connectivity index (χ4v) is 2.20. The molecule has 0 aliphatic carbocycles. The summed E-state index contributed by atoms with van der Waals surface area (Å²) in [6.45, 7) is 3.53. The number of nitrogens with zero attached hydrogens (tertiary/aromatic N) is 2. The first kappa shape index (κ1) is 11.1. The van der Waals surface area contributed by atoms with Crippen molar-refractivity contribution in [3.05, 3.63) is 41.5 Å². The van der Waals surface area contributed by atoms with E-state index < -0.39 is 0 Å². The number of imidazole rings is 1. The zero-order valence-electron chi connectivity index (χ0n) is 10.2. The van der Waals surface area contributed by atoms with E-state index in [2.05, 4.69) is 9.55 Å². The lowest BCUT2D eigenvalue weighted by molar-refractivity contribution is -0.0170. The first-order valence-electron chi connectivity index (χ1n) is 5.83. The van der Waals surface area contributed by atoms with Gasteiger partial charge in [0, 0.05) is 29.2 Å². The number of hydrogen-bond donors (Lipinski definition) is 1. The summed E-state index contributed by atoms with van der Waals surface area (Å²) in [6.07, 6.45) is 3.74. The van der Waals surface area contributed by atoms with Gasteiger partial charge in [-0.1, -0.05) is 0 Å². The van der Waals surface area contributed by atoms with Crippen molar-refractivity contribution < 1.29 is 9.47 Å². The summed E-state index contributed by atoms with van der Waals surface area (Å²) in [7, 11) is 0. The van der Waals surface area contributed by atoms with Crippen LogP contribution in [0.25, 0.3) is 0 Å². The van der Waals surface area contributed by atoms with Gasteiger partial charge in [0.25, 0.3) is 0 Å². The molecule has 0 fully saturated rings. The number of nitrogen functional groups attached to an aromatic ring is 1. The molecule has 5 heteroatoms. The van der Waals surface area contributed by atoms with Crippen molar-refractivity contribution in [1.82, 2.24) is 9.55 Å². The Bertz CT molecular complexity index is 578. The molecule has 1 aliphatic heterocycles. The van der Waals surface area contributed by atoms with E-state index in [0.717, 1.165) is 28.4 Å². The minimum atomic E-state index is 0.298. The largest absolute Gasteiger partial charge is 0.467 e. The van der Waals surface area contributed by atoms with Crippen molar-refractivity contribution in [2.24, 2.45) is 0 Å². The third-order valence-corrected chi connectivity index (χ3v) is 3.07. The summed E-state index contributed by atoms with van der Waals surface area (Å²) in [5.74, 6) is 1.86. The monoisotopic (exact) mass is 245 g/mol. The van der Waals surface area contributed by atoms with Gasteiger partial charge in [-0.3, -0.25) is 0 Å². The van der Waals surface area contributed by atoms with Crippen LogP contribution in [-0.4, -0.2) is 16.3 Å². The van der Waals surface area contributed by atoms with E-state index in [0.29, 0.717) is 19.9 Å². The summed E-state index contributed by atoms with van der Waals surface area (Å²) in [6, 6.07) is 3.85. The minimum absolute atomic E-state index is 0.298. The Kier molecular flexibility index (Phi) is 2.68. The van der Waals surface area contributed by atoms with Crippen LogP contribution in [0.3, 0.4) is 0 Å². The van der Waals surface area contributed by atoms with E-state index in [1.165, 1.54) is 0 Å². The van der Waals surface area contributed by atoms with Crippen molar-refractivity contribution in [3.63, 3.8) is 0 Å². The lowest BCUT2D eigenvalue weighted by Crippen LogP contribution is -2.15. The molecule has 0 radical (unpaired) electrons. The van der Waals surface area contributed by atoms with Gasteiger partial charge < -0.3 is 19.8 Å². The van der Waals surface area contributed by atoms with E-state index in [4.69, 9.17) is 15.2 Å². The van der Waals surface area contributed by atoms with Gasteiger partial charge in [0.15, 0.2) is 6.79 Å². The number of rotatable bonds is 2. The quantitative estimate of drug-likeness (QED) is 0.818. The highest BCUT2D eigenvalue weighted by Crippen LogP contribution is 2.31. The Balaban J connectivity index is 2.01. The van der Waals surface area contributed by atoms with Crippen molar-refractivity contribution in [1.29, 1.82) is 0 Å². The molecule has 1 aliphatic rings. The van der Waals surface area contributed by atoms with Gasteiger partial charge in [-0.05, 0) is 19.1 Å². The maximum Gasteiger partial charge on any atom is 0.189 e. The minimum Gasteiger partial charge on any atom is -0.467 e. The van der Waals surface area contributed by atoms with E-state index in [1.807, 2.05) is 25.3 Å². The topological polar surface area (TPSA) is 62.3 Å². The summed E-state index contributed by atoms with van der Waals surface area (Å²) in [4.78, 5) is 4.21. The summed E-state index contributed by atoms with van der Waals surface area (Å²) in [5.41, 5.74) is 8.72. The van der Waals surface area contributed by atoms with Crippen LogP contribution in [0.4, 0.5) is 5.69 Å². The van der Waals surface area contributed by atoms with Gasteiger partial charge in [-0.25, -0.2) is 4.98 Å². The molecule has 94 valence electrons. The molecule has 5 nitrogen and oxygen atoms in total. The average molecular weight is 245 g/mol. The van der Waals surface area contributed by atoms with Gasteiger partial charge >= 0.3 is 0 Å². The Morgan fingerprint density at radius 3 is 3.11 bits per heavy atom. The maximum atomic E-state index is 5.91. The number of aromatic nitrogens is 2. The number of hydrogen-bond acceptors (Lipinski definition) is 4. The Morgan fingerprint density at radius 1 is 1.44 bits per heavy atom. The van der Waals surface area contributed by atoms with E-state index >= 15 is 0 Å². The number of ether oxygens (including phenoxy) is 2. The lowest BCUT2D eigenvalue weighted by Gasteiger charge is -2.21. The molecular weight excluding hydrogens is 230 g/mol. The van der Waals surface area contributed by atoms with Crippen LogP contribution in [0.1, 0.15) is 17.0 Å². The third kappa shape index (κ3) is 1.93. The van der Waals surface area contributed by atoms with Crippen LogP contribution in [0, 0.1) is 6.92 Å². The predicted molar refractivity (Wildman–Crippen MR) is 67.2 cm³/mol. The molecule has 1 aromatic heterocycles. The van der Waals surface area contributed by atoms with Crippen molar-refractivity contribution in [2.45, 2.75) is 20.1 Å². The Labute approximate surface area is 105 Å². The summed E-state index contributed by atoms with van der Waals surface area (Å²) >= 11 is 0. The molecule has 0 spiro atoms. The average Bonchev–Trinajstić information content (AvgIpc) is 2.75. The molecule has 2 heterocycles. The van der Waals surface area contributed by atoms with Crippen LogP contribution < -0.4 is 10.5 Å². The molecule has 0 bridgehead atoms. The lowest BCUT2D eigenvalue weighted by atomic mass is 10.1. The molecule has 2 N–H and O–H groups in total. The van der Waals surface area contributed by atoms with E-state index in [-0.39, 0.29) is 0 Å². The third-order valence-electron chi connectivity index (χ3n) is 3.07. The molecule has 0 saturated carbocycles. The number of benzene rings is 1. The highest BCUT2D eigenvalue weighted by atomic mass is 16.7. The second kappa shape index (κ2) is 4.34. The van der Waals surface area contributed by atoms with Crippen LogP contribution in [0.5, 0.6) is 5.75 Å². The van der Waals surface area contributed by atoms with Crippen molar-refractivity contribution in [3.8, 4) is 5.75 Å². The van der Waals surface area contributed by atoms with Gasteiger partial charge in [0.2, 0.25) is 0 Å². The summed E-state index contributed by atoms with van der Waals surface area (Å²) < 4.78 is 12.9. The first-order valence-corrected chi connectivity index (χ1v) is 5.83. The molecule has 18 heavy (non-hydrogen) atoms. The fraction of sp³-hybridized carbons (Fsp3) is 0.308. The molecule has 3 rings (SSSR count). The zero-order valence-corrected chi connectivity index (χ0v) is 10.2. The molecule has 0 atom stereocenters. The van der Waals surface area contributed by atoms with Gasteiger partial charge in [-0.2, -0.15) is 0 Å². The van der Waals surface area contributed by atoms with Crippen LogP contribution in [0.2, 0.25) is 0 Å². The van der Waals surface area contributed by atoms with Crippen LogP contribution in [0.15, 0.2) is 24.5 Å². The van der Waals surface area contributed by atoms with Crippen LogP contribution in [-0.2, 0) is 17.9 Å². The highest BCUT2D eigenvalue weighted by Gasteiger charge is 2.16. The van der Waals surface area contributed by atoms with Crippen LogP contribution >= 0.6 is 0 Å². The normalized spacial score (nSPS) is 14.1. The molecule has 0 unspecified atom stereocenters. The predicted octanol–water partition coefficient (Wildman–Crippen LogP) is 1.69. The second-order valence-electron chi connectivity index (χ2n) is 4.38. The molecular formula is C13H15N3O2. The van der Waals surface area contributed by atoms with E-state index in [1.54, 1.807) is 6.20 Å². The van der Waals surface area contributed by atoms with E-state index in [9.17, 15) is 0 Å². The number of anilines is 1. The van der Waals surface area contributed by atoms with Gasteiger partial charge in [0.05, 0.1) is 13.2 Å². The highest BCUT2D eigenvalue weighted by molar-refractivity contribution is 5.53.